The van der Waals surface area contributed by atoms with Crippen LogP contribution in [-0.4, -0.2) is 38.8 Å². The number of aryl methyl sites for hydroxylation is 1. The molecule has 0 saturated heterocycles. The van der Waals surface area contributed by atoms with Crippen molar-refractivity contribution in [2.75, 3.05) is 13.7 Å². The van der Waals surface area contributed by atoms with Gasteiger partial charge in [0.25, 0.3) is 0 Å². The molecule has 140 valence electrons. The first-order valence-electron chi connectivity index (χ1n) is 8.14. The molecule has 3 rings (SSSR count). The lowest BCUT2D eigenvalue weighted by atomic mass is 10.1. The normalized spacial score (nSPS) is 11.5. The molecule has 0 aliphatic carbocycles. The highest BCUT2D eigenvalue weighted by Crippen LogP contribution is 2.22. The zero-order valence-corrected chi connectivity index (χ0v) is 15.6. The van der Waals surface area contributed by atoms with E-state index in [1.165, 1.54) is 31.3 Å². The largest absolute Gasteiger partial charge is 0.454 e. The summed E-state index contributed by atoms with van der Waals surface area (Å²) in [5.74, 6) is -1.11. The van der Waals surface area contributed by atoms with Crippen molar-refractivity contribution in [3.8, 4) is 0 Å². The molecule has 0 aliphatic rings. The maximum atomic E-state index is 12.5. The van der Waals surface area contributed by atoms with E-state index in [-0.39, 0.29) is 16.2 Å². The van der Waals surface area contributed by atoms with E-state index in [2.05, 4.69) is 9.71 Å². The summed E-state index contributed by atoms with van der Waals surface area (Å²) in [5.41, 5.74) is 2.05. The summed E-state index contributed by atoms with van der Waals surface area (Å²) in [4.78, 5) is 27.8. The number of H-pyrrole nitrogens is 1. The Bertz CT molecular complexity index is 1130. The molecule has 2 N–H and O–H groups in total. The van der Waals surface area contributed by atoms with Crippen LogP contribution in [0.15, 0.2) is 53.4 Å². The van der Waals surface area contributed by atoms with Gasteiger partial charge in [0.2, 0.25) is 15.8 Å². The predicted molar refractivity (Wildman–Crippen MR) is 100 cm³/mol. The van der Waals surface area contributed by atoms with Gasteiger partial charge in [-0.2, -0.15) is 0 Å². The van der Waals surface area contributed by atoms with E-state index in [0.29, 0.717) is 11.3 Å². The number of aromatic nitrogens is 1. The molecule has 3 aromatic rings. The van der Waals surface area contributed by atoms with Crippen LogP contribution < -0.4 is 4.72 Å². The lowest BCUT2D eigenvalue weighted by molar-refractivity contribution is 0.0474. The van der Waals surface area contributed by atoms with Crippen molar-refractivity contribution in [3.05, 3.63) is 65.4 Å². The van der Waals surface area contributed by atoms with Crippen LogP contribution in [0.1, 0.15) is 26.4 Å². The molecule has 0 atom stereocenters. The lowest BCUT2D eigenvalue weighted by Gasteiger charge is -2.07. The molecule has 0 unspecified atom stereocenters. The number of fused-ring (bicyclic) bond motifs is 1. The molecule has 8 heteroatoms. The second kappa shape index (κ2) is 7.34. The number of esters is 1. The first kappa shape index (κ1) is 18.8. The van der Waals surface area contributed by atoms with Gasteiger partial charge in [0.05, 0.1) is 10.5 Å². The highest BCUT2D eigenvalue weighted by molar-refractivity contribution is 7.89. The van der Waals surface area contributed by atoms with Crippen LogP contribution in [0, 0.1) is 6.92 Å². The lowest BCUT2D eigenvalue weighted by Crippen LogP contribution is -2.19. The third kappa shape index (κ3) is 3.76. The first-order chi connectivity index (χ1) is 12.8. The minimum absolute atomic E-state index is 0.0507. The molecule has 7 nitrogen and oxygen atoms in total. The van der Waals surface area contributed by atoms with Crippen molar-refractivity contribution >= 4 is 32.7 Å². The summed E-state index contributed by atoms with van der Waals surface area (Å²) < 4.78 is 31.0. The minimum atomic E-state index is -3.68. The van der Waals surface area contributed by atoms with E-state index < -0.39 is 22.6 Å². The van der Waals surface area contributed by atoms with Gasteiger partial charge in [-0.05, 0) is 38.2 Å². The Kier molecular flexibility index (Phi) is 5.11. The van der Waals surface area contributed by atoms with Crippen LogP contribution in [0.2, 0.25) is 0 Å². The van der Waals surface area contributed by atoms with Crippen molar-refractivity contribution in [1.29, 1.82) is 0 Å². The Hall–Kier alpha value is -2.97. The Morgan fingerprint density at radius 3 is 2.59 bits per heavy atom. The van der Waals surface area contributed by atoms with Gasteiger partial charge in [0, 0.05) is 22.2 Å². The number of ketones is 1. The number of sulfonamides is 1. The quantitative estimate of drug-likeness (QED) is 0.500. The molecular formula is C19H18N2O5S. The van der Waals surface area contributed by atoms with Crippen LogP contribution in [0.4, 0.5) is 0 Å². The second-order valence-corrected chi connectivity index (χ2v) is 7.79. The van der Waals surface area contributed by atoms with Gasteiger partial charge < -0.3 is 9.72 Å². The molecule has 0 radical (unpaired) electrons. The van der Waals surface area contributed by atoms with Crippen molar-refractivity contribution in [3.63, 3.8) is 0 Å². The minimum Gasteiger partial charge on any atom is -0.454 e. The molecule has 0 aliphatic heterocycles. The van der Waals surface area contributed by atoms with Crippen LogP contribution >= 0.6 is 0 Å². The number of nitrogens with one attached hydrogen (secondary N) is 2. The maximum Gasteiger partial charge on any atom is 0.338 e. The zero-order chi connectivity index (χ0) is 19.6. The standard InChI is InChI=1S/C19H18N2O5S/c1-12-18(15-8-3-4-9-16(15)21-12)17(22)11-26-19(23)13-6-5-7-14(10-13)27(24,25)20-2/h3-10,20-21H,11H2,1-2H3. The smallest absolute Gasteiger partial charge is 0.338 e. The highest BCUT2D eigenvalue weighted by Gasteiger charge is 2.19. The summed E-state index contributed by atoms with van der Waals surface area (Å²) in [6.07, 6.45) is 0. The number of hydrogen-bond acceptors (Lipinski definition) is 5. The van der Waals surface area contributed by atoms with Crippen LogP contribution in [0.5, 0.6) is 0 Å². The number of Topliss-reactive ketones (excluding diaryl/α,β-unsaturated/α-hetero) is 1. The van der Waals surface area contributed by atoms with Gasteiger partial charge in [-0.1, -0.05) is 24.3 Å². The summed E-state index contributed by atoms with van der Waals surface area (Å²) in [6, 6.07) is 12.8. The Labute approximate surface area is 156 Å². The fourth-order valence-electron chi connectivity index (χ4n) is 2.83. The summed E-state index contributed by atoms with van der Waals surface area (Å²) in [6.45, 7) is 1.34. The van der Waals surface area contributed by atoms with Gasteiger partial charge in [0.1, 0.15) is 0 Å². The SMILES string of the molecule is CNS(=O)(=O)c1cccc(C(=O)OCC(=O)c2c(C)[nH]c3ccccc23)c1. The summed E-state index contributed by atoms with van der Waals surface area (Å²) >= 11 is 0. The fourth-order valence-corrected chi connectivity index (χ4v) is 3.61. The summed E-state index contributed by atoms with van der Waals surface area (Å²) in [7, 11) is -2.40. The molecule has 0 saturated carbocycles. The van der Waals surface area contributed by atoms with Gasteiger partial charge in [-0.25, -0.2) is 17.9 Å². The number of benzene rings is 2. The predicted octanol–water partition coefficient (Wildman–Crippen LogP) is 2.42. The molecule has 27 heavy (non-hydrogen) atoms. The van der Waals surface area contributed by atoms with Crippen LogP contribution in [-0.2, 0) is 14.8 Å². The van der Waals surface area contributed by atoms with E-state index >= 15 is 0 Å². The van der Waals surface area contributed by atoms with Gasteiger partial charge >= 0.3 is 5.97 Å². The number of rotatable bonds is 6. The topological polar surface area (TPSA) is 105 Å². The number of hydrogen-bond donors (Lipinski definition) is 2. The van der Waals surface area contributed by atoms with Gasteiger partial charge in [-0.3, -0.25) is 4.79 Å². The zero-order valence-electron chi connectivity index (χ0n) is 14.8. The molecule has 0 fully saturated rings. The molecule has 2 aromatic carbocycles. The highest BCUT2D eigenvalue weighted by atomic mass is 32.2. The number of carbonyl (C=O) groups excluding carboxylic acids is 2. The third-order valence-corrected chi connectivity index (χ3v) is 5.57. The van der Waals surface area contributed by atoms with E-state index in [4.69, 9.17) is 4.74 Å². The van der Waals surface area contributed by atoms with Crippen LogP contribution in [0.25, 0.3) is 10.9 Å². The van der Waals surface area contributed by atoms with Crippen molar-refractivity contribution in [2.45, 2.75) is 11.8 Å². The fraction of sp³-hybridized carbons (Fsp3) is 0.158. The number of carbonyl (C=O) groups is 2. The van der Waals surface area contributed by atoms with Gasteiger partial charge in [0.15, 0.2) is 6.61 Å². The molecule has 1 heterocycles. The molecule has 0 amide bonds. The Morgan fingerprint density at radius 1 is 1.11 bits per heavy atom. The average Bonchev–Trinajstić information content (AvgIpc) is 3.01. The van der Waals surface area contributed by atoms with Crippen LogP contribution in [0.3, 0.4) is 0 Å². The monoisotopic (exact) mass is 386 g/mol. The number of ether oxygens (including phenoxy) is 1. The van der Waals surface area contributed by atoms with Crippen molar-refractivity contribution in [2.24, 2.45) is 0 Å². The maximum absolute atomic E-state index is 12.5. The third-order valence-electron chi connectivity index (χ3n) is 4.16. The second-order valence-electron chi connectivity index (χ2n) is 5.91. The average molecular weight is 386 g/mol. The van der Waals surface area contributed by atoms with E-state index in [9.17, 15) is 18.0 Å². The Balaban J connectivity index is 1.77. The van der Waals surface area contributed by atoms with Crippen molar-refractivity contribution < 1.29 is 22.7 Å². The molecule has 1 aromatic heterocycles. The van der Waals surface area contributed by atoms with E-state index in [0.717, 1.165) is 10.9 Å². The van der Waals surface area contributed by atoms with Gasteiger partial charge in [-0.15, -0.1) is 0 Å². The summed E-state index contributed by atoms with van der Waals surface area (Å²) in [5, 5.41) is 0.762. The number of para-hydroxylation sites is 1. The van der Waals surface area contributed by atoms with E-state index in [1.807, 2.05) is 24.3 Å². The molecule has 0 bridgehead atoms. The Morgan fingerprint density at radius 2 is 1.85 bits per heavy atom. The number of aromatic amines is 1. The van der Waals surface area contributed by atoms with Crippen molar-refractivity contribution in [1.82, 2.24) is 9.71 Å². The first-order valence-corrected chi connectivity index (χ1v) is 9.63. The van der Waals surface area contributed by atoms with E-state index in [1.54, 1.807) is 6.92 Å². The molecular weight excluding hydrogens is 368 g/mol. The molecule has 0 spiro atoms.